The third-order valence-corrected chi connectivity index (χ3v) is 6.44. The molecule has 0 saturated carbocycles. The predicted molar refractivity (Wildman–Crippen MR) is 110 cm³/mol. The van der Waals surface area contributed by atoms with Crippen LogP contribution in [-0.4, -0.2) is 49.1 Å². The van der Waals surface area contributed by atoms with E-state index in [4.69, 9.17) is 21.3 Å². The lowest BCUT2D eigenvalue weighted by atomic mass is 10.1. The molecule has 4 rings (SSSR count). The summed E-state index contributed by atoms with van der Waals surface area (Å²) in [5.41, 5.74) is 2.70. The highest BCUT2D eigenvalue weighted by Gasteiger charge is 2.25. The minimum atomic E-state index is 0.00953. The number of anilines is 1. The lowest BCUT2D eigenvalue weighted by Crippen LogP contribution is -2.48. The fourth-order valence-electron chi connectivity index (χ4n) is 3.32. The summed E-state index contributed by atoms with van der Waals surface area (Å²) in [6.45, 7) is 4.85. The third-order valence-electron chi connectivity index (χ3n) is 4.86. The highest BCUT2D eigenvalue weighted by Crippen LogP contribution is 2.36. The second-order valence-electron chi connectivity index (χ2n) is 6.52. The van der Waals surface area contributed by atoms with Gasteiger partial charge >= 0.3 is 0 Å². The van der Waals surface area contributed by atoms with Gasteiger partial charge in [-0.15, -0.1) is 0 Å². The topological polar surface area (TPSA) is 45.7 Å². The monoisotopic (exact) mass is 401 g/mol. The van der Waals surface area contributed by atoms with Gasteiger partial charge in [-0.2, -0.15) is 0 Å². The van der Waals surface area contributed by atoms with E-state index in [0.29, 0.717) is 24.4 Å². The standard InChI is InChI=1S/C20H20ClN3O2S/c1-13-7-8-15(21)18-17(13)22-20(27-18)24-11-9-23(10-12-24)19(25)14-5-3-4-6-16(14)26-2/h3-8H,9-12H2,1-2H3. The molecule has 0 atom stereocenters. The number of nitrogens with zero attached hydrogens (tertiary/aromatic N) is 3. The number of carbonyl (C=O) groups excluding carboxylic acids is 1. The normalized spacial score (nSPS) is 14.6. The summed E-state index contributed by atoms with van der Waals surface area (Å²) in [7, 11) is 1.59. The summed E-state index contributed by atoms with van der Waals surface area (Å²) in [5.74, 6) is 0.622. The van der Waals surface area contributed by atoms with E-state index >= 15 is 0 Å². The Kier molecular flexibility index (Phi) is 4.93. The van der Waals surface area contributed by atoms with Crippen LogP contribution in [0.4, 0.5) is 5.13 Å². The third kappa shape index (κ3) is 3.35. The van der Waals surface area contributed by atoms with Crippen molar-refractivity contribution in [3.8, 4) is 5.75 Å². The molecule has 2 aromatic carbocycles. The first kappa shape index (κ1) is 18.1. The molecular formula is C20H20ClN3O2S. The number of aromatic nitrogens is 1. The zero-order chi connectivity index (χ0) is 19.0. The molecule has 1 fully saturated rings. The Bertz CT molecular complexity index is 957. The zero-order valence-corrected chi connectivity index (χ0v) is 16.8. The molecule has 5 nitrogen and oxygen atoms in total. The maximum absolute atomic E-state index is 12.8. The number of para-hydroxylation sites is 1. The average Bonchev–Trinajstić information content (AvgIpc) is 3.17. The Labute approximate surface area is 167 Å². The van der Waals surface area contributed by atoms with Crippen LogP contribution in [0.1, 0.15) is 15.9 Å². The van der Waals surface area contributed by atoms with Crippen LogP contribution < -0.4 is 9.64 Å². The Morgan fingerprint density at radius 3 is 2.59 bits per heavy atom. The van der Waals surface area contributed by atoms with Gasteiger partial charge in [0.25, 0.3) is 5.91 Å². The summed E-state index contributed by atoms with van der Waals surface area (Å²) in [4.78, 5) is 21.7. The molecule has 1 amide bonds. The van der Waals surface area contributed by atoms with Crippen molar-refractivity contribution in [3.05, 3.63) is 52.5 Å². The van der Waals surface area contributed by atoms with E-state index in [9.17, 15) is 4.79 Å². The summed E-state index contributed by atoms with van der Waals surface area (Å²) >= 11 is 7.95. The molecule has 1 aromatic heterocycles. The van der Waals surface area contributed by atoms with Gasteiger partial charge in [-0.05, 0) is 30.7 Å². The van der Waals surface area contributed by atoms with Gasteiger partial charge in [0.1, 0.15) is 5.75 Å². The number of ether oxygens (including phenoxy) is 1. The van der Waals surface area contributed by atoms with E-state index < -0.39 is 0 Å². The smallest absolute Gasteiger partial charge is 0.257 e. The van der Waals surface area contributed by atoms with Crippen molar-refractivity contribution in [1.29, 1.82) is 0 Å². The fourth-order valence-corrected chi connectivity index (χ4v) is 4.69. The Morgan fingerprint density at radius 1 is 1.15 bits per heavy atom. The highest BCUT2D eigenvalue weighted by atomic mass is 35.5. The van der Waals surface area contributed by atoms with Gasteiger partial charge in [0.05, 0.1) is 27.9 Å². The van der Waals surface area contributed by atoms with Crippen molar-refractivity contribution >= 4 is 44.2 Å². The molecule has 0 radical (unpaired) electrons. The van der Waals surface area contributed by atoms with Gasteiger partial charge in [0, 0.05) is 26.2 Å². The highest BCUT2D eigenvalue weighted by molar-refractivity contribution is 7.22. The molecule has 0 unspecified atom stereocenters. The average molecular weight is 402 g/mol. The summed E-state index contributed by atoms with van der Waals surface area (Å²) in [6, 6.07) is 11.3. The van der Waals surface area contributed by atoms with Gasteiger partial charge in [-0.3, -0.25) is 4.79 Å². The molecule has 2 heterocycles. The van der Waals surface area contributed by atoms with E-state index in [1.807, 2.05) is 48.2 Å². The van der Waals surface area contributed by atoms with Crippen molar-refractivity contribution in [1.82, 2.24) is 9.88 Å². The van der Waals surface area contributed by atoms with E-state index in [1.165, 1.54) is 0 Å². The van der Waals surface area contributed by atoms with E-state index in [-0.39, 0.29) is 5.91 Å². The number of thiazole rings is 1. The molecule has 0 spiro atoms. The molecule has 27 heavy (non-hydrogen) atoms. The Morgan fingerprint density at radius 2 is 1.89 bits per heavy atom. The molecule has 7 heteroatoms. The van der Waals surface area contributed by atoms with Crippen LogP contribution in [0.5, 0.6) is 5.75 Å². The van der Waals surface area contributed by atoms with Crippen LogP contribution in [0.15, 0.2) is 36.4 Å². The predicted octanol–water partition coefficient (Wildman–Crippen LogP) is 4.23. The maximum atomic E-state index is 12.8. The molecule has 140 valence electrons. The zero-order valence-electron chi connectivity index (χ0n) is 15.2. The molecule has 1 saturated heterocycles. The number of amides is 1. The van der Waals surface area contributed by atoms with Crippen molar-refractivity contribution in [2.45, 2.75) is 6.92 Å². The summed E-state index contributed by atoms with van der Waals surface area (Å²) in [5, 5.41) is 1.70. The number of piperazine rings is 1. The fraction of sp³-hybridized carbons (Fsp3) is 0.300. The molecular weight excluding hydrogens is 382 g/mol. The van der Waals surface area contributed by atoms with Gasteiger partial charge in [-0.1, -0.05) is 41.1 Å². The molecule has 1 aliphatic heterocycles. The number of hydrogen-bond donors (Lipinski definition) is 0. The lowest BCUT2D eigenvalue weighted by molar-refractivity contribution is 0.0743. The number of carbonyl (C=O) groups is 1. The molecule has 0 N–H and O–H groups in total. The van der Waals surface area contributed by atoms with Crippen LogP contribution in [0.3, 0.4) is 0 Å². The SMILES string of the molecule is COc1ccccc1C(=O)N1CCN(c2nc3c(C)ccc(Cl)c3s2)CC1. The van der Waals surface area contributed by atoms with Crippen LogP contribution in [0.2, 0.25) is 5.02 Å². The summed E-state index contributed by atoms with van der Waals surface area (Å²) < 4.78 is 6.35. The van der Waals surface area contributed by atoms with Crippen molar-refractivity contribution < 1.29 is 9.53 Å². The molecule has 0 aliphatic carbocycles. The van der Waals surface area contributed by atoms with Gasteiger partial charge in [0.2, 0.25) is 0 Å². The van der Waals surface area contributed by atoms with Crippen molar-refractivity contribution in [3.63, 3.8) is 0 Å². The Balaban J connectivity index is 1.50. The first-order chi connectivity index (χ1) is 13.1. The number of methoxy groups -OCH3 is 1. The van der Waals surface area contributed by atoms with Crippen LogP contribution in [0, 0.1) is 6.92 Å². The van der Waals surface area contributed by atoms with E-state index in [0.717, 1.165) is 39.0 Å². The van der Waals surface area contributed by atoms with E-state index in [1.54, 1.807) is 18.4 Å². The Hall–Kier alpha value is -2.31. The van der Waals surface area contributed by atoms with Gasteiger partial charge in [-0.25, -0.2) is 4.98 Å². The van der Waals surface area contributed by atoms with Crippen LogP contribution in [0.25, 0.3) is 10.2 Å². The number of hydrogen-bond acceptors (Lipinski definition) is 5. The van der Waals surface area contributed by atoms with Crippen molar-refractivity contribution in [2.75, 3.05) is 38.2 Å². The number of aryl methyl sites for hydroxylation is 1. The van der Waals surface area contributed by atoms with Gasteiger partial charge in [0.15, 0.2) is 5.13 Å². The van der Waals surface area contributed by atoms with Crippen LogP contribution in [-0.2, 0) is 0 Å². The molecule has 3 aromatic rings. The molecule has 1 aliphatic rings. The number of halogens is 1. The van der Waals surface area contributed by atoms with Gasteiger partial charge < -0.3 is 14.5 Å². The second kappa shape index (κ2) is 7.37. The molecule has 0 bridgehead atoms. The maximum Gasteiger partial charge on any atom is 0.257 e. The first-order valence-corrected chi connectivity index (χ1v) is 10.0. The largest absolute Gasteiger partial charge is 0.496 e. The number of rotatable bonds is 3. The lowest BCUT2D eigenvalue weighted by Gasteiger charge is -2.34. The first-order valence-electron chi connectivity index (χ1n) is 8.81. The quantitative estimate of drug-likeness (QED) is 0.658. The second-order valence-corrected chi connectivity index (χ2v) is 7.90. The van der Waals surface area contributed by atoms with E-state index in [2.05, 4.69) is 4.90 Å². The summed E-state index contributed by atoms with van der Waals surface area (Å²) in [6.07, 6.45) is 0. The minimum absolute atomic E-state index is 0.00953. The van der Waals surface area contributed by atoms with Crippen molar-refractivity contribution in [2.24, 2.45) is 0 Å². The number of fused-ring (bicyclic) bond motifs is 1. The number of benzene rings is 2. The minimum Gasteiger partial charge on any atom is -0.496 e. The van der Waals surface area contributed by atoms with Crippen LogP contribution >= 0.6 is 22.9 Å².